The standard InChI is InChI=1S/C13H18N2O2/c1-14-8-7-12-9-15(13(16)10-17-12)11-5-3-2-4-6-11/h2-6,12,14H,7-10H2,1H3. The molecule has 0 aliphatic carbocycles. The summed E-state index contributed by atoms with van der Waals surface area (Å²) in [6, 6.07) is 9.75. The number of rotatable bonds is 4. The van der Waals surface area contributed by atoms with E-state index < -0.39 is 0 Å². The Labute approximate surface area is 102 Å². The van der Waals surface area contributed by atoms with Gasteiger partial charge in [-0.3, -0.25) is 4.79 Å². The van der Waals surface area contributed by atoms with Gasteiger partial charge in [0.25, 0.3) is 5.91 Å². The third-order valence-corrected chi connectivity index (χ3v) is 2.91. The van der Waals surface area contributed by atoms with Crippen molar-refractivity contribution in [3.8, 4) is 0 Å². The van der Waals surface area contributed by atoms with Crippen molar-refractivity contribution in [1.82, 2.24) is 5.32 Å². The molecular weight excluding hydrogens is 216 g/mol. The summed E-state index contributed by atoms with van der Waals surface area (Å²) in [5, 5.41) is 3.10. The van der Waals surface area contributed by atoms with E-state index in [9.17, 15) is 4.79 Å². The Morgan fingerprint density at radius 1 is 1.41 bits per heavy atom. The zero-order valence-electron chi connectivity index (χ0n) is 10.1. The highest BCUT2D eigenvalue weighted by Gasteiger charge is 2.26. The Kier molecular flexibility index (Phi) is 4.12. The highest BCUT2D eigenvalue weighted by molar-refractivity contribution is 5.94. The molecule has 2 rings (SSSR count). The molecule has 0 bridgehead atoms. The number of hydrogen-bond donors (Lipinski definition) is 1. The Bertz CT molecular complexity index is 367. The maximum atomic E-state index is 11.8. The number of carbonyl (C=O) groups is 1. The Balaban J connectivity index is 2.02. The number of benzene rings is 1. The first kappa shape index (κ1) is 12.1. The van der Waals surface area contributed by atoms with E-state index in [4.69, 9.17) is 4.74 Å². The minimum Gasteiger partial charge on any atom is -0.366 e. The van der Waals surface area contributed by atoms with Crippen molar-refractivity contribution in [3.05, 3.63) is 30.3 Å². The normalized spacial score (nSPS) is 20.6. The second-order valence-electron chi connectivity index (χ2n) is 4.17. The molecule has 17 heavy (non-hydrogen) atoms. The van der Waals surface area contributed by atoms with Crippen molar-refractivity contribution in [2.75, 3.05) is 31.6 Å². The lowest BCUT2D eigenvalue weighted by Crippen LogP contribution is -2.47. The lowest BCUT2D eigenvalue weighted by Gasteiger charge is -2.32. The van der Waals surface area contributed by atoms with Crippen LogP contribution in [0.4, 0.5) is 5.69 Å². The largest absolute Gasteiger partial charge is 0.366 e. The molecule has 1 atom stereocenters. The molecule has 1 aromatic rings. The molecule has 1 amide bonds. The van der Waals surface area contributed by atoms with Gasteiger partial charge in [-0.15, -0.1) is 0 Å². The summed E-state index contributed by atoms with van der Waals surface area (Å²) < 4.78 is 5.51. The number of morpholine rings is 1. The van der Waals surface area contributed by atoms with Crippen LogP contribution >= 0.6 is 0 Å². The van der Waals surface area contributed by atoms with Crippen molar-refractivity contribution < 1.29 is 9.53 Å². The molecule has 0 saturated carbocycles. The molecule has 4 nitrogen and oxygen atoms in total. The van der Waals surface area contributed by atoms with Gasteiger partial charge >= 0.3 is 0 Å². The molecule has 92 valence electrons. The van der Waals surface area contributed by atoms with Crippen molar-refractivity contribution >= 4 is 11.6 Å². The number of anilines is 1. The maximum absolute atomic E-state index is 11.8. The quantitative estimate of drug-likeness (QED) is 0.846. The highest BCUT2D eigenvalue weighted by Crippen LogP contribution is 2.18. The summed E-state index contributed by atoms with van der Waals surface area (Å²) in [6.45, 7) is 1.73. The first-order chi connectivity index (χ1) is 8.31. The number of ether oxygens (including phenoxy) is 1. The van der Waals surface area contributed by atoms with E-state index >= 15 is 0 Å². The Hall–Kier alpha value is -1.39. The van der Waals surface area contributed by atoms with E-state index in [1.54, 1.807) is 0 Å². The lowest BCUT2D eigenvalue weighted by atomic mass is 10.2. The second kappa shape index (κ2) is 5.80. The summed E-state index contributed by atoms with van der Waals surface area (Å²) >= 11 is 0. The fourth-order valence-corrected chi connectivity index (χ4v) is 1.96. The van der Waals surface area contributed by atoms with Gasteiger partial charge in [0.1, 0.15) is 6.61 Å². The molecular formula is C13H18N2O2. The van der Waals surface area contributed by atoms with Crippen LogP contribution in [-0.4, -0.2) is 38.8 Å². The van der Waals surface area contributed by atoms with Crippen LogP contribution in [-0.2, 0) is 9.53 Å². The molecule has 1 fully saturated rings. The summed E-state index contributed by atoms with van der Waals surface area (Å²) in [4.78, 5) is 13.6. The smallest absolute Gasteiger partial charge is 0.253 e. The molecule has 1 N–H and O–H groups in total. The fourth-order valence-electron chi connectivity index (χ4n) is 1.96. The third kappa shape index (κ3) is 3.05. The van der Waals surface area contributed by atoms with Crippen LogP contribution in [0.3, 0.4) is 0 Å². The number of nitrogens with one attached hydrogen (secondary N) is 1. The average molecular weight is 234 g/mol. The van der Waals surface area contributed by atoms with Crippen LogP contribution in [0.25, 0.3) is 0 Å². The first-order valence-electron chi connectivity index (χ1n) is 5.93. The fraction of sp³-hybridized carbons (Fsp3) is 0.462. The molecule has 1 aromatic carbocycles. The topological polar surface area (TPSA) is 41.6 Å². The van der Waals surface area contributed by atoms with E-state index in [-0.39, 0.29) is 18.6 Å². The zero-order chi connectivity index (χ0) is 12.1. The van der Waals surface area contributed by atoms with Crippen LogP contribution in [0.5, 0.6) is 0 Å². The van der Waals surface area contributed by atoms with Gasteiger partial charge in [0.2, 0.25) is 0 Å². The minimum absolute atomic E-state index is 0.0388. The predicted octanol–water partition coefficient (Wildman–Crippen LogP) is 1.03. The molecule has 0 aromatic heterocycles. The second-order valence-corrected chi connectivity index (χ2v) is 4.17. The van der Waals surface area contributed by atoms with E-state index in [1.165, 1.54) is 0 Å². The van der Waals surface area contributed by atoms with Gasteiger partial charge < -0.3 is 15.0 Å². The number of carbonyl (C=O) groups excluding carboxylic acids is 1. The van der Waals surface area contributed by atoms with Crippen LogP contribution in [0, 0.1) is 0 Å². The molecule has 1 heterocycles. The van der Waals surface area contributed by atoms with Gasteiger partial charge in [0.15, 0.2) is 0 Å². The summed E-state index contributed by atoms with van der Waals surface area (Å²) in [5.41, 5.74) is 0.954. The van der Waals surface area contributed by atoms with Gasteiger partial charge in [-0.05, 0) is 32.1 Å². The minimum atomic E-state index is 0.0388. The Morgan fingerprint density at radius 3 is 2.88 bits per heavy atom. The van der Waals surface area contributed by atoms with Crippen molar-refractivity contribution in [3.63, 3.8) is 0 Å². The van der Waals surface area contributed by atoms with Crippen LogP contribution in [0.2, 0.25) is 0 Å². The number of para-hydroxylation sites is 1. The van der Waals surface area contributed by atoms with Crippen molar-refractivity contribution in [1.29, 1.82) is 0 Å². The van der Waals surface area contributed by atoms with Gasteiger partial charge in [-0.2, -0.15) is 0 Å². The summed E-state index contributed by atoms with van der Waals surface area (Å²) in [6.07, 6.45) is 1.05. The molecule has 1 unspecified atom stereocenters. The molecule has 1 aliphatic heterocycles. The molecule has 0 spiro atoms. The summed E-state index contributed by atoms with van der Waals surface area (Å²) in [5.74, 6) is 0.0388. The molecule has 1 aliphatic rings. The van der Waals surface area contributed by atoms with Crippen molar-refractivity contribution in [2.24, 2.45) is 0 Å². The highest BCUT2D eigenvalue weighted by atomic mass is 16.5. The monoisotopic (exact) mass is 234 g/mol. The number of amides is 1. The number of nitrogens with zero attached hydrogens (tertiary/aromatic N) is 1. The van der Waals surface area contributed by atoms with Gasteiger partial charge in [-0.1, -0.05) is 18.2 Å². The van der Waals surface area contributed by atoms with Crippen molar-refractivity contribution in [2.45, 2.75) is 12.5 Å². The van der Waals surface area contributed by atoms with Gasteiger partial charge in [0.05, 0.1) is 12.6 Å². The van der Waals surface area contributed by atoms with Crippen LogP contribution in [0.1, 0.15) is 6.42 Å². The summed E-state index contributed by atoms with van der Waals surface area (Å²) in [7, 11) is 1.92. The lowest BCUT2D eigenvalue weighted by molar-refractivity contribution is -0.129. The SMILES string of the molecule is CNCCC1CN(c2ccccc2)C(=O)CO1. The van der Waals surface area contributed by atoms with Crippen LogP contribution < -0.4 is 10.2 Å². The zero-order valence-corrected chi connectivity index (χ0v) is 10.1. The number of hydrogen-bond acceptors (Lipinski definition) is 3. The van der Waals surface area contributed by atoms with Gasteiger partial charge in [-0.25, -0.2) is 0 Å². The van der Waals surface area contributed by atoms with E-state index in [1.807, 2.05) is 42.3 Å². The Morgan fingerprint density at radius 2 is 2.18 bits per heavy atom. The predicted molar refractivity (Wildman–Crippen MR) is 67.1 cm³/mol. The maximum Gasteiger partial charge on any atom is 0.253 e. The van der Waals surface area contributed by atoms with Gasteiger partial charge in [0, 0.05) is 5.69 Å². The third-order valence-electron chi connectivity index (χ3n) is 2.91. The van der Waals surface area contributed by atoms with E-state index in [2.05, 4.69) is 5.32 Å². The van der Waals surface area contributed by atoms with E-state index in [0.29, 0.717) is 6.54 Å². The first-order valence-corrected chi connectivity index (χ1v) is 5.93. The molecule has 0 radical (unpaired) electrons. The molecule has 4 heteroatoms. The van der Waals surface area contributed by atoms with Crippen LogP contribution in [0.15, 0.2) is 30.3 Å². The van der Waals surface area contributed by atoms with E-state index in [0.717, 1.165) is 18.7 Å². The molecule has 1 saturated heterocycles. The average Bonchev–Trinajstić information content (AvgIpc) is 2.39.